The number of furan rings is 1. The van der Waals surface area contributed by atoms with E-state index in [1.165, 1.54) is 0 Å². The molecule has 0 saturated carbocycles. The molecule has 0 unspecified atom stereocenters. The number of carbonyl (C=O) groups is 1. The topological polar surface area (TPSA) is 49.6 Å². The molecule has 126 valence electrons. The fourth-order valence-electron chi connectivity index (χ4n) is 3.96. The SMILES string of the molecule is O=C1N(Cc2ccccn2)CCC12CCN(Cc1ccco1)CC2. The van der Waals surface area contributed by atoms with Crippen molar-refractivity contribution < 1.29 is 9.21 Å². The molecule has 0 bridgehead atoms. The van der Waals surface area contributed by atoms with Gasteiger partial charge in [0.15, 0.2) is 0 Å². The second-order valence-corrected chi connectivity index (χ2v) is 6.93. The van der Waals surface area contributed by atoms with Crippen LogP contribution in [-0.2, 0) is 17.9 Å². The van der Waals surface area contributed by atoms with Gasteiger partial charge in [-0.2, -0.15) is 0 Å². The van der Waals surface area contributed by atoms with Crippen LogP contribution < -0.4 is 0 Å². The third-order valence-electron chi connectivity index (χ3n) is 5.45. The number of likely N-dealkylation sites (tertiary alicyclic amines) is 2. The minimum Gasteiger partial charge on any atom is -0.468 e. The minimum atomic E-state index is -0.144. The lowest BCUT2D eigenvalue weighted by Crippen LogP contribution is -2.44. The quantitative estimate of drug-likeness (QED) is 0.867. The van der Waals surface area contributed by atoms with Crippen molar-refractivity contribution in [3.63, 3.8) is 0 Å². The zero-order chi connectivity index (χ0) is 16.4. The number of nitrogens with zero attached hydrogens (tertiary/aromatic N) is 3. The second-order valence-electron chi connectivity index (χ2n) is 6.93. The number of piperidine rings is 1. The molecule has 24 heavy (non-hydrogen) atoms. The molecule has 2 fully saturated rings. The standard InChI is InChI=1S/C19H23N3O2/c23-18-19(8-12-22(18)14-16-4-1-2-9-20-16)6-10-21(11-7-19)15-17-5-3-13-24-17/h1-5,9,13H,6-8,10-12,14-15H2. The highest BCUT2D eigenvalue weighted by Crippen LogP contribution is 2.42. The van der Waals surface area contributed by atoms with Gasteiger partial charge < -0.3 is 9.32 Å². The van der Waals surface area contributed by atoms with Crippen LogP contribution in [-0.4, -0.2) is 40.3 Å². The maximum absolute atomic E-state index is 13.0. The first-order valence-electron chi connectivity index (χ1n) is 8.69. The summed E-state index contributed by atoms with van der Waals surface area (Å²) in [5.74, 6) is 1.33. The average molecular weight is 325 g/mol. The van der Waals surface area contributed by atoms with Crippen LogP contribution in [0.25, 0.3) is 0 Å². The van der Waals surface area contributed by atoms with E-state index in [1.807, 2.05) is 35.2 Å². The van der Waals surface area contributed by atoms with Gasteiger partial charge >= 0.3 is 0 Å². The van der Waals surface area contributed by atoms with E-state index in [-0.39, 0.29) is 5.41 Å². The van der Waals surface area contributed by atoms with Crippen LogP contribution in [0.3, 0.4) is 0 Å². The maximum Gasteiger partial charge on any atom is 0.229 e. The van der Waals surface area contributed by atoms with Gasteiger partial charge in [0.2, 0.25) is 5.91 Å². The van der Waals surface area contributed by atoms with Crippen molar-refractivity contribution in [3.8, 4) is 0 Å². The molecule has 2 aliphatic rings. The summed E-state index contributed by atoms with van der Waals surface area (Å²) in [6.07, 6.45) is 6.39. The van der Waals surface area contributed by atoms with Crippen LogP contribution in [0.2, 0.25) is 0 Å². The Kier molecular flexibility index (Phi) is 4.10. The normalized spacial score (nSPS) is 20.8. The predicted octanol–water partition coefficient (Wildman–Crippen LogP) is 2.69. The summed E-state index contributed by atoms with van der Waals surface area (Å²) in [5, 5.41) is 0. The van der Waals surface area contributed by atoms with Crippen molar-refractivity contribution in [1.29, 1.82) is 0 Å². The lowest BCUT2D eigenvalue weighted by atomic mass is 9.77. The summed E-state index contributed by atoms with van der Waals surface area (Å²) < 4.78 is 5.43. The lowest BCUT2D eigenvalue weighted by Gasteiger charge is -2.37. The zero-order valence-electron chi connectivity index (χ0n) is 13.9. The molecule has 0 N–H and O–H groups in total. The summed E-state index contributed by atoms with van der Waals surface area (Å²) in [5.41, 5.74) is 0.826. The van der Waals surface area contributed by atoms with Crippen LogP contribution in [0.4, 0.5) is 0 Å². The van der Waals surface area contributed by atoms with Crippen molar-refractivity contribution in [1.82, 2.24) is 14.8 Å². The van der Waals surface area contributed by atoms with E-state index in [2.05, 4.69) is 9.88 Å². The van der Waals surface area contributed by atoms with E-state index < -0.39 is 0 Å². The van der Waals surface area contributed by atoms with Crippen molar-refractivity contribution in [2.24, 2.45) is 5.41 Å². The largest absolute Gasteiger partial charge is 0.468 e. The predicted molar refractivity (Wildman–Crippen MR) is 89.9 cm³/mol. The van der Waals surface area contributed by atoms with Crippen LogP contribution in [0, 0.1) is 5.41 Å². The number of carbonyl (C=O) groups excluding carboxylic acids is 1. The molecule has 5 nitrogen and oxygen atoms in total. The number of hydrogen-bond donors (Lipinski definition) is 0. The smallest absolute Gasteiger partial charge is 0.229 e. The van der Waals surface area contributed by atoms with Gasteiger partial charge in [0.25, 0.3) is 0 Å². The first-order chi connectivity index (χ1) is 11.8. The van der Waals surface area contributed by atoms with Gasteiger partial charge in [0.1, 0.15) is 5.76 Å². The van der Waals surface area contributed by atoms with Gasteiger partial charge in [0, 0.05) is 12.7 Å². The molecule has 2 aliphatic heterocycles. The van der Waals surface area contributed by atoms with Gasteiger partial charge in [-0.1, -0.05) is 6.07 Å². The van der Waals surface area contributed by atoms with E-state index in [4.69, 9.17) is 4.42 Å². The Hall–Kier alpha value is -2.14. The Balaban J connectivity index is 1.36. The number of amides is 1. The monoisotopic (exact) mass is 325 g/mol. The van der Waals surface area contributed by atoms with E-state index in [0.29, 0.717) is 12.5 Å². The highest BCUT2D eigenvalue weighted by molar-refractivity contribution is 5.85. The molecule has 5 heteroatoms. The van der Waals surface area contributed by atoms with Crippen LogP contribution in [0.1, 0.15) is 30.7 Å². The molecule has 2 saturated heterocycles. The van der Waals surface area contributed by atoms with E-state index in [0.717, 1.165) is 56.9 Å². The highest BCUT2D eigenvalue weighted by Gasteiger charge is 2.47. The van der Waals surface area contributed by atoms with Crippen molar-refractivity contribution in [2.45, 2.75) is 32.4 Å². The molecule has 4 rings (SSSR count). The molecule has 0 aromatic carbocycles. The third-order valence-corrected chi connectivity index (χ3v) is 5.45. The molecule has 4 heterocycles. The van der Waals surface area contributed by atoms with Crippen molar-refractivity contribution in [3.05, 3.63) is 54.2 Å². The van der Waals surface area contributed by atoms with Crippen LogP contribution in [0.5, 0.6) is 0 Å². The highest BCUT2D eigenvalue weighted by atomic mass is 16.3. The first-order valence-corrected chi connectivity index (χ1v) is 8.69. The zero-order valence-corrected chi connectivity index (χ0v) is 13.9. The first kappa shape index (κ1) is 15.4. The molecular weight excluding hydrogens is 302 g/mol. The molecule has 1 amide bonds. The van der Waals surface area contributed by atoms with Gasteiger partial charge in [-0.05, 0) is 56.6 Å². The van der Waals surface area contributed by atoms with Crippen LogP contribution >= 0.6 is 0 Å². The van der Waals surface area contributed by atoms with Gasteiger partial charge in [-0.15, -0.1) is 0 Å². The summed E-state index contributed by atoms with van der Waals surface area (Å²) in [7, 11) is 0. The Morgan fingerprint density at radius 1 is 1.04 bits per heavy atom. The number of pyridine rings is 1. The average Bonchev–Trinajstić information content (AvgIpc) is 3.22. The molecule has 0 radical (unpaired) electrons. The number of hydrogen-bond acceptors (Lipinski definition) is 4. The number of rotatable bonds is 4. The second kappa shape index (κ2) is 6.40. The lowest BCUT2D eigenvalue weighted by molar-refractivity contribution is -0.139. The van der Waals surface area contributed by atoms with E-state index in [1.54, 1.807) is 12.5 Å². The van der Waals surface area contributed by atoms with E-state index >= 15 is 0 Å². The maximum atomic E-state index is 13.0. The van der Waals surface area contributed by atoms with Gasteiger partial charge in [-0.25, -0.2) is 0 Å². The van der Waals surface area contributed by atoms with Crippen molar-refractivity contribution in [2.75, 3.05) is 19.6 Å². The number of aromatic nitrogens is 1. The van der Waals surface area contributed by atoms with Gasteiger partial charge in [-0.3, -0.25) is 14.7 Å². The molecule has 0 atom stereocenters. The molecule has 2 aromatic rings. The van der Waals surface area contributed by atoms with Crippen molar-refractivity contribution >= 4 is 5.91 Å². The summed E-state index contributed by atoms with van der Waals surface area (Å²) in [4.78, 5) is 21.7. The molecular formula is C19H23N3O2. The Morgan fingerprint density at radius 3 is 2.58 bits per heavy atom. The summed E-state index contributed by atoms with van der Waals surface area (Å²) in [6.45, 7) is 4.26. The molecule has 2 aromatic heterocycles. The molecule has 0 aliphatic carbocycles. The Morgan fingerprint density at radius 2 is 1.88 bits per heavy atom. The fraction of sp³-hybridized carbons (Fsp3) is 0.474. The van der Waals surface area contributed by atoms with E-state index in [9.17, 15) is 4.79 Å². The Bertz CT molecular complexity index is 676. The summed E-state index contributed by atoms with van der Waals surface area (Å²) in [6, 6.07) is 9.82. The third kappa shape index (κ3) is 2.96. The minimum absolute atomic E-state index is 0.144. The van der Waals surface area contributed by atoms with Crippen LogP contribution in [0.15, 0.2) is 47.2 Å². The molecule has 1 spiro atoms. The Labute approximate surface area is 142 Å². The fourth-order valence-corrected chi connectivity index (χ4v) is 3.96. The van der Waals surface area contributed by atoms with Gasteiger partial charge in [0.05, 0.1) is 30.5 Å². The summed E-state index contributed by atoms with van der Waals surface area (Å²) >= 11 is 0.